The second-order valence-electron chi connectivity index (χ2n) is 4.55. The van der Waals surface area contributed by atoms with Crippen LogP contribution < -0.4 is 4.74 Å². The number of carbonyl (C=O) groups excluding carboxylic acids is 1. The highest BCUT2D eigenvalue weighted by Crippen LogP contribution is 2.27. The predicted octanol–water partition coefficient (Wildman–Crippen LogP) is 4.09. The van der Waals surface area contributed by atoms with Gasteiger partial charge < -0.3 is 4.74 Å². The van der Waals surface area contributed by atoms with Gasteiger partial charge in [-0.05, 0) is 37.6 Å². The number of hydrogen-bond acceptors (Lipinski definition) is 2. The third-order valence-corrected chi connectivity index (χ3v) is 2.65. The smallest absolute Gasteiger partial charge is 0.150 e. The van der Waals surface area contributed by atoms with E-state index in [1.165, 1.54) is 6.07 Å². The van der Waals surface area contributed by atoms with Crippen LogP contribution >= 0.6 is 0 Å². The molecule has 3 heteroatoms. The minimum atomic E-state index is -0.411. The van der Waals surface area contributed by atoms with Gasteiger partial charge in [-0.2, -0.15) is 0 Å². The van der Waals surface area contributed by atoms with E-state index in [1.807, 2.05) is 32.0 Å². The minimum Gasteiger partial charge on any atom is -0.491 e. The molecule has 0 bridgehead atoms. The summed E-state index contributed by atoms with van der Waals surface area (Å²) < 4.78 is 19.5. The molecule has 2 nitrogen and oxygen atoms in total. The van der Waals surface area contributed by atoms with Crippen LogP contribution in [0.5, 0.6) is 5.75 Å². The molecule has 0 amide bonds. The van der Waals surface area contributed by atoms with Crippen LogP contribution in [0.1, 0.15) is 24.2 Å². The fourth-order valence-electron chi connectivity index (χ4n) is 1.85. The molecule has 2 aromatic rings. The maximum absolute atomic E-state index is 13.9. The van der Waals surface area contributed by atoms with Gasteiger partial charge in [0.25, 0.3) is 0 Å². The summed E-state index contributed by atoms with van der Waals surface area (Å²) in [5.41, 5.74) is 1.52. The lowest BCUT2D eigenvalue weighted by Gasteiger charge is -2.11. The number of ether oxygens (including phenoxy) is 1. The van der Waals surface area contributed by atoms with E-state index in [0.717, 1.165) is 5.56 Å². The maximum atomic E-state index is 13.9. The summed E-state index contributed by atoms with van der Waals surface area (Å²) in [6.45, 7) is 3.87. The molecule has 19 heavy (non-hydrogen) atoms. The molecule has 0 atom stereocenters. The molecule has 0 aromatic heterocycles. The number of aldehydes is 1. The average Bonchev–Trinajstić information content (AvgIpc) is 2.38. The van der Waals surface area contributed by atoms with Crippen LogP contribution in [-0.4, -0.2) is 12.4 Å². The van der Waals surface area contributed by atoms with Crippen molar-refractivity contribution in [2.75, 3.05) is 0 Å². The zero-order valence-corrected chi connectivity index (χ0v) is 10.9. The van der Waals surface area contributed by atoms with Crippen molar-refractivity contribution in [3.8, 4) is 16.9 Å². The van der Waals surface area contributed by atoms with Crippen molar-refractivity contribution in [2.24, 2.45) is 0 Å². The van der Waals surface area contributed by atoms with Crippen molar-refractivity contribution in [3.05, 3.63) is 53.8 Å². The Hall–Kier alpha value is -2.16. The number of benzene rings is 2. The fraction of sp³-hybridized carbons (Fsp3) is 0.188. The van der Waals surface area contributed by atoms with Crippen molar-refractivity contribution in [2.45, 2.75) is 20.0 Å². The highest BCUT2D eigenvalue weighted by molar-refractivity contribution is 5.77. The van der Waals surface area contributed by atoms with E-state index < -0.39 is 5.82 Å². The largest absolute Gasteiger partial charge is 0.491 e. The highest BCUT2D eigenvalue weighted by atomic mass is 19.1. The molecule has 2 rings (SSSR count). The van der Waals surface area contributed by atoms with Crippen molar-refractivity contribution in [3.63, 3.8) is 0 Å². The van der Waals surface area contributed by atoms with Gasteiger partial charge in [-0.25, -0.2) is 4.39 Å². The van der Waals surface area contributed by atoms with E-state index in [4.69, 9.17) is 4.74 Å². The Labute approximate surface area is 111 Å². The molecule has 0 saturated heterocycles. The zero-order valence-electron chi connectivity index (χ0n) is 10.9. The third kappa shape index (κ3) is 3.19. The molecule has 0 radical (unpaired) electrons. The van der Waals surface area contributed by atoms with Crippen LogP contribution in [0, 0.1) is 5.82 Å². The monoisotopic (exact) mass is 258 g/mol. The summed E-state index contributed by atoms with van der Waals surface area (Å²) in [6.07, 6.45) is 0.697. The summed E-state index contributed by atoms with van der Waals surface area (Å²) in [6, 6.07) is 11.7. The topological polar surface area (TPSA) is 26.3 Å². The average molecular weight is 258 g/mol. The summed E-state index contributed by atoms with van der Waals surface area (Å²) in [5.74, 6) is 0.290. The van der Waals surface area contributed by atoms with Crippen LogP contribution in [0.15, 0.2) is 42.5 Å². The van der Waals surface area contributed by atoms with Gasteiger partial charge in [0.2, 0.25) is 0 Å². The van der Waals surface area contributed by atoms with Gasteiger partial charge in [-0.15, -0.1) is 0 Å². The Bertz CT molecular complexity index is 591. The van der Waals surface area contributed by atoms with Crippen molar-refractivity contribution in [1.82, 2.24) is 0 Å². The van der Waals surface area contributed by atoms with Crippen molar-refractivity contribution >= 4 is 6.29 Å². The van der Waals surface area contributed by atoms with E-state index in [-0.39, 0.29) is 6.10 Å². The Kier molecular flexibility index (Phi) is 3.95. The second-order valence-corrected chi connectivity index (χ2v) is 4.55. The van der Waals surface area contributed by atoms with Gasteiger partial charge in [-0.1, -0.05) is 24.3 Å². The van der Waals surface area contributed by atoms with Gasteiger partial charge in [0.05, 0.1) is 6.10 Å². The second kappa shape index (κ2) is 5.65. The number of carbonyl (C=O) groups is 1. The third-order valence-electron chi connectivity index (χ3n) is 2.65. The summed E-state index contributed by atoms with van der Waals surface area (Å²) >= 11 is 0. The first-order valence-corrected chi connectivity index (χ1v) is 6.12. The molecule has 0 fully saturated rings. The summed E-state index contributed by atoms with van der Waals surface area (Å²) in [4.78, 5) is 10.6. The van der Waals surface area contributed by atoms with Crippen molar-refractivity contribution in [1.29, 1.82) is 0 Å². The van der Waals surface area contributed by atoms with Gasteiger partial charge in [0.1, 0.15) is 17.9 Å². The molecule has 2 aromatic carbocycles. The molecule has 0 heterocycles. The van der Waals surface area contributed by atoms with Crippen LogP contribution in [0.2, 0.25) is 0 Å². The Morgan fingerprint density at radius 2 is 1.95 bits per heavy atom. The van der Waals surface area contributed by atoms with Crippen LogP contribution in [-0.2, 0) is 0 Å². The molecule has 0 aliphatic heterocycles. The van der Waals surface area contributed by atoms with Gasteiger partial charge >= 0.3 is 0 Å². The van der Waals surface area contributed by atoms with E-state index in [2.05, 4.69) is 0 Å². The fourth-order valence-corrected chi connectivity index (χ4v) is 1.85. The molecule has 0 spiro atoms. The first-order valence-electron chi connectivity index (χ1n) is 6.12. The van der Waals surface area contributed by atoms with Crippen LogP contribution in [0.3, 0.4) is 0 Å². The first kappa shape index (κ1) is 13.3. The first-order chi connectivity index (χ1) is 9.10. The minimum absolute atomic E-state index is 0.0672. The SMILES string of the molecule is CC(C)Oc1cccc(-c2ccc(C=O)cc2F)c1. The van der Waals surface area contributed by atoms with Gasteiger partial charge in [0.15, 0.2) is 0 Å². The Balaban J connectivity index is 2.38. The Morgan fingerprint density at radius 1 is 1.16 bits per heavy atom. The zero-order chi connectivity index (χ0) is 13.8. The lowest BCUT2D eigenvalue weighted by molar-refractivity contribution is 0.112. The van der Waals surface area contributed by atoms with E-state index in [1.54, 1.807) is 18.2 Å². The Morgan fingerprint density at radius 3 is 2.58 bits per heavy atom. The number of hydrogen-bond donors (Lipinski definition) is 0. The van der Waals surface area contributed by atoms with Crippen LogP contribution in [0.4, 0.5) is 4.39 Å². The predicted molar refractivity (Wildman–Crippen MR) is 73.0 cm³/mol. The molecule has 0 aliphatic carbocycles. The molecular formula is C16H15FO2. The van der Waals surface area contributed by atoms with E-state index in [9.17, 15) is 9.18 Å². The highest BCUT2D eigenvalue weighted by Gasteiger charge is 2.07. The van der Waals surface area contributed by atoms with Gasteiger partial charge in [0, 0.05) is 11.1 Å². The molecule has 0 saturated carbocycles. The summed E-state index contributed by atoms with van der Waals surface area (Å²) in [5, 5.41) is 0. The lowest BCUT2D eigenvalue weighted by atomic mass is 10.0. The maximum Gasteiger partial charge on any atom is 0.150 e. The molecular weight excluding hydrogens is 243 g/mol. The van der Waals surface area contributed by atoms with E-state index in [0.29, 0.717) is 23.2 Å². The number of halogens is 1. The lowest BCUT2D eigenvalue weighted by Crippen LogP contribution is -2.05. The molecule has 0 unspecified atom stereocenters. The summed E-state index contributed by atoms with van der Waals surface area (Å²) in [7, 11) is 0. The molecule has 0 N–H and O–H groups in total. The molecule has 98 valence electrons. The molecule has 0 aliphatic rings. The standard InChI is InChI=1S/C16H15FO2/c1-11(2)19-14-5-3-4-13(9-14)15-7-6-12(10-18)8-16(15)17/h3-11H,1-2H3. The van der Waals surface area contributed by atoms with E-state index >= 15 is 0 Å². The number of rotatable bonds is 4. The van der Waals surface area contributed by atoms with Crippen molar-refractivity contribution < 1.29 is 13.9 Å². The quantitative estimate of drug-likeness (QED) is 0.772. The normalized spacial score (nSPS) is 10.5. The van der Waals surface area contributed by atoms with Gasteiger partial charge in [-0.3, -0.25) is 4.79 Å². The van der Waals surface area contributed by atoms with Crippen LogP contribution in [0.25, 0.3) is 11.1 Å².